The molecule has 5 heteroatoms. The monoisotopic (exact) mass is 199 g/mol. The summed E-state index contributed by atoms with van der Waals surface area (Å²) in [6.45, 7) is 1.72. The number of nitrogens with zero attached hydrogens (tertiary/aromatic N) is 1. The number of carbonyl (C=O) groups is 1. The fourth-order valence-corrected chi connectivity index (χ4v) is 1.65. The molecule has 0 bridgehead atoms. The molecule has 0 aromatic carbocycles. The Balaban J connectivity index is 3.35. The van der Waals surface area contributed by atoms with Crippen molar-refractivity contribution in [3.8, 4) is 0 Å². The number of aryl methyl sites for hydroxylation is 1. The first-order valence-corrected chi connectivity index (χ1v) is 5.12. The number of hydrogen-bond acceptors (Lipinski definition) is 3. The van der Waals surface area contributed by atoms with Gasteiger partial charge in [0, 0.05) is 11.9 Å². The second kappa shape index (κ2) is 3.66. The average molecular weight is 199 g/mol. The van der Waals surface area contributed by atoms with Crippen molar-refractivity contribution in [3.63, 3.8) is 0 Å². The molecule has 1 rings (SSSR count). The zero-order chi connectivity index (χ0) is 10.0. The number of carboxylic acids is 1. The van der Waals surface area contributed by atoms with Gasteiger partial charge in [-0.1, -0.05) is 0 Å². The third-order valence-electron chi connectivity index (χ3n) is 1.50. The predicted molar refractivity (Wildman–Crippen MR) is 48.3 cm³/mol. The van der Waals surface area contributed by atoms with Crippen molar-refractivity contribution >= 4 is 16.8 Å². The molecule has 0 aliphatic carbocycles. The Labute approximate surface area is 78.1 Å². The predicted octanol–water partition coefficient (Wildman–Crippen LogP) is 0.826. The number of carboxylic acid groups (broad SMARTS) is 1. The van der Waals surface area contributed by atoms with Gasteiger partial charge in [-0.3, -0.25) is 4.21 Å². The molecule has 1 N–H and O–H groups in total. The Bertz CT molecular complexity index is 376. The minimum atomic E-state index is -1.36. The van der Waals surface area contributed by atoms with Crippen LogP contribution in [0.3, 0.4) is 0 Å². The van der Waals surface area contributed by atoms with Crippen LogP contribution in [-0.4, -0.2) is 26.5 Å². The normalized spacial score (nSPS) is 12.5. The lowest BCUT2D eigenvalue weighted by Crippen LogP contribution is -2.06. The van der Waals surface area contributed by atoms with Crippen LogP contribution in [0.1, 0.15) is 16.1 Å². The Kier molecular flexibility index (Phi) is 2.77. The average Bonchev–Trinajstić information content (AvgIpc) is 2.03. The van der Waals surface area contributed by atoms with E-state index in [4.69, 9.17) is 5.11 Å². The zero-order valence-electron chi connectivity index (χ0n) is 7.27. The third-order valence-corrected chi connectivity index (χ3v) is 2.36. The summed E-state index contributed by atoms with van der Waals surface area (Å²) in [5.41, 5.74) is 0.668. The fraction of sp³-hybridized carbons (Fsp3) is 0.250. The molecule has 0 fully saturated rings. The van der Waals surface area contributed by atoms with Crippen molar-refractivity contribution < 1.29 is 14.1 Å². The first-order valence-electron chi connectivity index (χ1n) is 3.56. The van der Waals surface area contributed by atoms with Gasteiger partial charge in [-0.2, -0.15) is 0 Å². The van der Waals surface area contributed by atoms with Crippen LogP contribution in [0.4, 0.5) is 0 Å². The van der Waals surface area contributed by atoms with E-state index in [9.17, 15) is 9.00 Å². The number of aromatic carboxylic acids is 1. The second-order valence-electron chi connectivity index (χ2n) is 2.56. The molecule has 13 heavy (non-hydrogen) atoms. The molecule has 0 aliphatic heterocycles. The summed E-state index contributed by atoms with van der Waals surface area (Å²) >= 11 is 0. The maximum Gasteiger partial charge on any atom is 0.338 e. The van der Waals surface area contributed by atoms with Crippen LogP contribution < -0.4 is 0 Å². The highest BCUT2D eigenvalue weighted by atomic mass is 32.2. The maximum atomic E-state index is 11.1. The van der Waals surface area contributed by atoms with E-state index in [1.54, 1.807) is 13.0 Å². The van der Waals surface area contributed by atoms with Crippen molar-refractivity contribution in [3.05, 3.63) is 23.4 Å². The van der Waals surface area contributed by atoms with Gasteiger partial charge in [0.2, 0.25) is 0 Å². The lowest BCUT2D eigenvalue weighted by Gasteiger charge is -2.02. The quantitative estimate of drug-likeness (QED) is 0.765. The topological polar surface area (TPSA) is 67.3 Å². The largest absolute Gasteiger partial charge is 0.478 e. The molecular weight excluding hydrogens is 190 g/mol. The SMILES string of the molecule is Cc1ccc(C(=O)O)c(S(C)=O)n1. The molecule has 1 unspecified atom stereocenters. The summed E-state index contributed by atoms with van der Waals surface area (Å²) in [5, 5.41) is 8.86. The summed E-state index contributed by atoms with van der Waals surface area (Å²) in [7, 11) is -1.36. The van der Waals surface area contributed by atoms with E-state index >= 15 is 0 Å². The molecular formula is C8H9NO3S. The molecule has 0 saturated carbocycles. The Morgan fingerprint density at radius 2 is 2.15 bits per heavy atom. The molecule has 1 aromatic heterocycles. The lowest BCUT2D eigenvalue weighted by molar-refractivity contribution is 0.0692. The van der Waals surface area contributed by atoms with Crippen LogP contribution in [0, 0.1) is 6.92 Å². The molecule has 4 nitrogen and oxygen atoms in total. The third kappa shape index (κ3) is 2.12. The Morgan fingerprint density at radius 1 is 1.54 bits per heavy atom. The molecule has 0 amide bonds. The van der Waals surface area contributed by atoms with Gasteiger partial charge >= 0.3 is 5.97 Å². The highest BCUT2D eigenvalue weighted by Crippen LogP contribution is 2.10. The van der Waals surface area contributed by atoms with Crippen LogP contribution in [0.15, 0.2) is 17.2 Å². The fourth-order valence-electron chi connectivity index (χ4n) is 0.915. The minimum absolute atomic E-state index is 0.00596. The summed E-state index contributed by atoms with van der Waals surface area (Å²) < 4.78 is 11.1. The molecule has 1 heterocycles. The van der Waals surface area contributed by atoms with Crippen LogP contribution in [0.5, 0.6) is 0 Å². The van der Waals surface area contributed by atoms with Crippen LogP contribution in [-0.2, 0) is 10.8 Å². The molecule has 0 spiro atoms. The maximum absolute atomic E-state index is 11.1. The molecule has 1 aromatic rings. The van der Waals surface area contributed by atoms with Gasteiger partial charge in [0.25, 0.3) is 0 Å². The van der Waals surface area contributed by atoms with E-state index in [0.29, 0.717) is 5.69 Å². The lowest BCUT2D eigenvalue weighted by atomic mass is 10.2. The first-order chi connectivity index (χ1) is 6.02. The smallest absolute Gasteiger partial charge is 0.338 e. The van der Waals surface area contributed by atoms with E-state index in [1.165, 1.54) is 12.3 Å². The summed E-state index contributed by atoms with van der Waals surface area (Å²) in [6.07, 6.45) is 1.41. The minimum Gasteiger partial charge on any atom is -0.478 e. The van der Waals surface area contributed by atoms with Gasteiger partial charge in [0.05, 0.1) is 16.4 Å². The number of hydrogen-bond donors (Lipinski definition) is 1. The Hall–Kier alpha value is -1.23. The molecule has 0 radical (unpaired) electrons. The Morgan fingerprint density at radius 3 is 2.62 bits per heavy atom. The number of aromatic nitrogens is 1. The van der Waals surface area contributed by atoms with Crippen molar-refractivity contribution in [1.29, 1.82) is 0 Å². The van der Waals surface area contributed by atoms with E-state index in [1.807, 2.05) is 0 Å². The van der Waals surface area contributed by atoms with E-state index in [-0.39, 0.29) is 10.6 Å². The second-order valence-corrected chi connectivity index (χ2v) is 3.86. The number of rotatable bonds is 2. The summed E-state index contributed by atoms with van der Waals surface area (Å²) in [6, 6.07) is 3.00. The van der Waals surface area contributed by atoms with Crippen molar-refractivity contribution in [2.75, 3.05) is 6.26 Å². The van der Waals surface area contributed by atoms with E-state index < -0.39 is 16.8 Å². The van der Waals surface area contributed by atoms with Gasteiger partial charge in [-0.15, -0.1) is 0 Å². The van der Waals surface area contributed by atoms with Gasteiger partial charge in [0.1, 0.15) is 5.03 Å². The van der Waals surface area contributed by atoms with Crippen molar-refractivity contribution in [2.45, 2.75) is 11.9 Å². The standard InChI is InChI=1S/C8H9NO3S/c1-5-3-4-6(8(10)11)7(9-5)13(2)12/h3-4H,1-2H3,(H,10,11). The van der Waals surface area contributed by atoms with Gasteiger partial charge in [-0.05, 0) is 19.1 Å². The van der Waals surface area contributed by atoms with E-state index in [2.05, 4.69) is 4.98 Å². The van der Waals surface area contributed by atoms with Crippen LogP contribution in [0.2, 0.25) is 0 Å². The number of pyridine rings is 1. The molecule has 70 valence electrons. The van der Waals surface area contributed by atoms with Gasteiger partial charge in [0.15, 0.2) is 0 Å². The van der Waals surface area contributed by atoms with Crippen molar-refractivity contribution in [2.24, 2.45) is 0 Å². The highest BCUT2D eigenvalue weighted by Gasteiger charge is 2.13. The molecule has 0 saturated heterocycles. The van der Waals surface area contributed by atoms with E-state index in [0.717, 1.165) is 0 Å². The zero-order valence-corrected chi connectivity index (χ0v) is 8.09. The molecule has 1 atom stereocenters. The molecule has 0 aliphatic rings. The summed E-state index contributed by atoms with van der Waals surface area (Å²) in [5.74, 6) is -1.10. The van der Waals surface area contributed by atoms with Gasteiger partial charge in [-0.25, -0.2) is 9.78 Å². The van der Waals surface area contributed by atoms with Crippen LogP contribution in [0.25, 0.3) is 0 Å². The van der Waals surface area contributed by atoms with Crippen molar-refractivity contribution in [1.82, 2.24) is 4.98 Å². The first kappa shape index (κ1) is 9.85. The van der Waals surface area contributed by atoms with Gasteiger partial charge < -0.3 is 5.11 Å². The van der Waals surface area contributed by atoms with Crippen LogP contribution >= 0.6 is 0 Å². The highest BCUT2D eigenvalue weighted by molar-refractivity contribution is 7.84. The summed E-state index contributed by atoms with van der Waals surface area (Å²) in [4.78, 5) is 14.6.